The van der Waals surface area contributed by atoms with Gasteiger partial charge in [0, 0.05) is 12.1 Å². The topological polar surface area (TPSA) is 18.5 Å². The van der Waals surface area contributed by atoms with Crippen LogP contribution in [0.5, 0.6) is 0 Å². The molecule has 1 saturated heterocycles. The third-order valence-electron chi connectivity index (χ3n) is 1.82. The standard InChI is InChI=1S/C9H15ClO2/c10-6-2-4-8-12-9-5-1-3-7-11-9/h2,6,9H,1,3-5,7-8H2. The highest BCUT2D eigenvalue weighted by atomic mass is 35.5. The van der Waals surface area contributed by atoms with E-state index in [2.05, 4.69) is 0 Å². The second kappa shape index (κ2) is 6.46. The highest BCUT2D eigenvalue weighted by Gasteiger charge is 2.12. The van der Waals surface area contributed by atoms with E-state index in [1.165, 1.54) is 18.4 Å². The third kappa shape index (κ3) is 4.10. The molecule has 0 bridgehead atoms. The van der Waals surface area contributed by atoms with Gasteiger partial charge in [0.25, 0.3) is 0 Å². The van der Waals surface area contributed by atoms with E-state index < -0.39 is 0 Å². The lowest BCUT2D eigenvalue weighted by atomic mass is 10.2. The molecule has 0 N–H and O–H groups in total. The van der Waals surface area contributed by atoms with E-state index in [1.807, 2.05) is 6.08 Å². The summed E-state index contributed by atoms with van der Waals surface area (Å²) in [4.78, 5) is 0. The van der Waals surface area contributed by atoms with Crippen LogP contribution in [0.4, 0.5) is 0 Å². The predicted molar refractivity (Wildman–Crippen MR) is 49.2 cm³/mol. The lowest BCUT2D eigenvalue weighted by Crippen LogP contribution is -2.22. The van der Waals surface area contributed by atoms with Crippen LogP contribution in [-0.4, -0.2) is 19.5 Å². The van der Waals surface area contributed by atoms with Crippen molar-refractivity contribution in [2.75, 3.05) is 13.2 Å². The molecule has 1 fully saturated rings. The Kier molecular flexibility index (Phi) is 5.41. The van der Waals surface area contributed by atoms with Gasteiger partial charge in [0.05, 0.1) is 6.61 Å². The fraction of sp³-hybridized carbons (Fsp3) is 0.778. The van der Waals surface area contributed by atoms with Crippen LogP contribution in [0.1, 0.15) is 25.7 Å². The van der Waals surface area contributed by atoms with Gasteiger partial charge >= 0.3 is 0 Å². The number of hydrogen-bond acceptors (Lipinski definition) is 2. The summed E-state index contributed by atoms with van der Waals surface area (Å²) in [5.41, 5.74) is 1.52. The van der Waals surface area contributed by atoms with Gasteiger partial charge in [-0.25, -0.2) is 0 Å². The lowest BCUT2D eigenvalue weighted by Gasteiger charge is -2.22. The van der Waals surface area contributed by atoms with E-state index >= 15 is 0 Å². The summed E-state index contributed by atoms with van der Waals surface area (Å²) in [6.07, 6.45) is 6.19. The maximum absolute atomic E-state index is 5.45. The van der Waals surface area contributed by atoms with E-state index in [4.69, 9.17) is 21.1 Å². The molecule has 0 spiro atoms. The van der Waals surface area contributed by atoms with Crippen LogP contribution in [0, 0.1) is 0 Å². The zero-order chi connectivity index (χ0) is 8.65. The number of hydrogen-bond donors (Lipinski definition) is 0. The van der Waals surface area contributed by atoms with Crippen molar-refractivity contribution in [2.24, 2.45) is 0 Å². The molecule has 0 amide bonds. The quantitative estimate of drug-likeness (QED) is 0.635. The summed E-state index contributed by atoms with van der Waals surface area (Å²) in [6.45, 7) is 1.55. The maximum atomic E-state index is 5.45. The Hall–Kier alpha value is -0.0500. The molecular formula is C9H15ClO2. The van der Waals surface area contributed by atoms with E-state index in [9.17, 15) is 0 Å². The second-order valence-electron chi connectivity index (χ2n) is 2.82. The molecule has 3 heteroatoms. The number of halogens is 1. The van der Waals surface area contributed by atoms with Gasteiger partial charge in [-0.05, 0) is 25.7 Å². The molecule has 1 aliphatic heterocycles. The molecule has 12 heavy (non-hydrogen) atoms. The summed E-state index contributed by atoms with van der Waals surface area (Å²) in [6, 6.07) is 0. The van der Waals surface area contributed by atoms with Crippen LogP contribution in [0.3, 0.4) is 0 Å². The molecule has 1 heterocycles. The van der Waals surface area contributed by atoms with Crippen molar-refractivity contribution in [2.45, 2.75) is 32.0 Å². The fourth-order valence-corrected chi connectivity index (χ4v) is 1.30. The molecule has 0 aromatic carbocycles. The van der Waals surface area contributed by atoms with Crippen LogP contribution in [-0.2, 0) is 9.47 Å². The molecule has 2 nitrogen and oxygen atoms in total. The molecule has 1 unspecified atom stereocenters. The molecule has 0 saturated carbocycles. The van der Waals surface area contributed by atoms with Crippen LogP contribution in [0.25, 0.3) is 0 Å². The van der Waals surface area contributed by atoms with Crippen molar-refractivity contribution < 1.29 is 9.47 Å². The van der Waals surface area contributed by atoms with E-state index in [-0.39, 0.29) is 6.29 Å². The van der Waals surface area contributed by atoms with Gasteiger partial charge in [-0.15, -0.1) is 0 Å². The van der Waals surface area contributed by atoms with Crippen LogP contribution in [0.15, 0.2) is 11.6 Å². The van der Waals surface area contributed by atoms with Gasteiger partial charge in [0.15, 0.2) is 6.29 Å². The molecule has 0 aliphatic carbocycles. The predicted octanol–water partition coefficient (Wildman–Crippen LogP) is 2.67. The van der Waals surface area contributed by atoms with Crippen molar-refractivity contribution >= 4 is 11.6 Å². The van der Waals surface area contributed by atoms with E-state index in [0.29, 0.717) is 6.61 Å². The Bertz CT molecular complexity index is 130. The molecular weight excluding hydrogens is 176 g/mol. The normalized spacial score (nSPS) is 24.9. The van der Waals surface area contributed by atoms with E-state index in [1.54, 1.807) is 0 Å². The summed E-state index contributed by atoms with van der Waals surface area (Å²) in [5.74, 6) is 0. The Morgan fingerprint density at radius 3 is 3.08 bits per heavy atom. The lowest BCUT2D eigenvalue weighted by molar-refractivity contribution is -0.161. The van der Waals surface area contributed by atoms with Gasteiger partial charge in [0.2, 0.25) is 0 Å². The number of rotatable bonds is 4. The van der Waals surface area contributed by atoms with Gasteiger partial charge in [-0.2, -0.15) is 0 Å². The monoisotopic (exact) mass is 190 g/mol. The van der Waals surface area contributed by atoms with Crippen LogP contribution < -0.4 is 0 Å². The maximum Gasteiger partial charge on any atom is 0.157 e. The van der Waals surface area contributed by atoms with Gasteiger partial charge in [-0.3, -0.25) is 0 Å². The van der Waals surface area contributed by atoms with Crippen molar-refractivity contribution in [3.8, 4) is 0 Å². The number of ether oxygens (including phenoxy) is 2. The minimum Gasteiger partial charge on any atom is -0.353 e. The first kappa shape index (κ1) is 10.0. The SMILES string of the molecule is ClC=CCCOC1CCCCO1. The molecule has 0 aromatic heterocycles. The Morgan fingerprint density at radius 2 is 2.42 bits per heavy atom. The van der Waals surface area contributed by atoms with Crippen molar-refractivity contribution in [1.82, 2.24) is 0 Å². The molecule has 70 valence electrons. The molecule has 1 aliphatic rings. The van der Waals surface area contributed by atoms with Crippen LogP contribution in [0.2, 0.25) is 0 Å². The van der Waals surface area contributed by atoms with E-state index in [0.717, 1.165) is 19.4 Å². The molecule has 0 radical (unpaired) electrons. The minimum absolute atomic E-state index is 0.0301. The van der Waals surface area contributed by atoms with Crippen molar-refractivity contribution in [3.05, 3.63) is 11.6 Å². The van der Waals surface area contributed by atoms with Crippen LogP contribution >= 0.6 is 11.6 Å². The fourth-order valence-electron chi connectivity index (χ4n) is 1.17. The van der Waals surface area contributed by atoms with Crippen molar-refractivity contribution in [1.29, 1.82) is 0 Å². The smallest absolute Gasteiger partial charge is 0.157 e. The average Bonchev–Trinajstić information content (AvgIpc) is 2.14. The first-order valence-corrected chi connectivity index (χ1v) is 4.85. The summed E-state index contributed by atoms with van der Waals surface area (Å²) in [7, 11) is 0. The second-order valence-corrected chi connectivity index (χ2v) is 3.07. The Morgan fingerprint density at radius 1 is 1.50 bits per heavy atom. The highest BCUT2D eigenvalue weighted by molar-refractivity contribution is 6.25. The van der Waals surface area contributed by atoms with Gasteiger partial charge < -0.3 is 9.47 Å². The zero-order valence-corrected chi connectivity index (χ0v) is 7.93. The zero-order valence-electron chi connectivity index (χ0n) is 7.17. The average molecular weight is 191 g/mol. The molecule has 0 aromatic rings. The third-order valence-corrected chi connectivity index (χ3v) is 1.99. The van der Waals surface area contributed by atoms with Crippen molar-refractivity contribution in [3.63, 3.8) is 0 Å². The Labute approximate surface area is 78.5 Å². The summed E-state index contributed by atoms with van der Waals surface area (Å²) >= 11 is 5.36. The highest BCUT2D eigenvalue weighted by Crippen LogP contribution is 2.13. The van der Waals surface area contributed by atoms with Gasteiger partial charge in [0.1, 0.15) is 0 Å². The largest absolute Gasteiger partial charge is 0.353 e. The first-order valence-electron chi connectivity index (χ1n) is 4.42. The summed E-state index contributed by atoms with van der Waals surface area (Å²) < 4.78 is 10.8. The molecule has 1 atom stereocenters. The first-order chi connectivity index (χ1) is 5.93. The minimum atomic E-state index is 0.0301. The van der Waals surface area contributed by atoms with Gasteiger partial charge in [-0.1, -0.05) is 17.7 Å². The molecule has 1 rings (SSSR count). The summed E-state index contributed by atoms with van der Waals surface area (Å²) in [5, 5.41) is 0. The Balaban J connectivity index is 1.97.